The first-order valence-electron chi connectivity index (χ1n) is 12.1. The number of halogens is 2. The normalized spacial score (nSPS) is 20.1. The number of hydrogen-bond acceptors (Lipinski definition) is 8. The molecule has 0 aliphatic carbocycles. The quantitative estimate of drug-likeness (QED) is 0.515. The number of oxazole rings is 1. The Labute approximate surface area is 213 Å². The van der Waals surface area contributed by atoms with Gasteiger partial charge in [-0.25, -0.2) is 4.79 Å². The Kier molecular flexibility index (Phi) is 5.82. The van der Waals surface area contributed by atoms with Gasteiger partial charge in [0, 0.05) is 24.8 Å². The predicted octanol–water partition coefficient (Wildman–Crippen LogP) is 4.83. The SMILES string of the molecule is CC(C)(C)OC(=O)N1C2CC1CN(c1nc3c(OC(F)(F)C(C)(C)O)ccc(-c4ccccn4)c3o1)C2. The van der Waals surface area contributed by atoms with Crippen LogP contribution in [0.3, 0.4) is 0 Å². The zero-order valence-corrected chi connectivity index (χ0v) is 21.4. The zero-order chi connectivity index (χ0) is 26.8. The molecule has 3 aromatic rings. The predicted molar refractivity (Wildman–Crippen MR) is 132 cm³/mol. The molecule has 3 saturated heterocycles. The van der Waals surface area contributed by atoms with E-state index in [0.717, 1.165) is 20.3 Å². The van der Waals surface area contributed by atoms with Crippen LogP contribution in [-0.4, -0.2) is 68.6 Å². The van der Waals surface area contributed by atoms with Gasteiger partial charge in [0.25, 0.3) is 6.01 Å². The van der Waals surface area contributed by atoms with Crippen LogP contribution < -0.4 is 9.64 Å². The van der Waals surface area contributed by atoms with E-state index in [4.69, 9.17) is 13.9 Å². The highest BCUT2D eigenvalue weighted by Crippen LogP contribution is 2.42. The van der Waals surface area contributed by atoms with Gasteiger partial charge in [0.15, 0.2) is 22.5 Å². The van der Waals surface area contributed by atoms with Gasteiger partial charge in [-0.1, -0.05) is 6.07 Å². The molecule has 2 bridgehead atoms. The van der Waals surface area contributed by atoms with Crippen molar-refractivity contribution in [2.75, 3.05) is 18.0 Å². The molecule has 3 fully saturated rings. The van der Waals surface area contributed by atoms with E-state index in [2.05, 4.69) is 9.97 Å². The first-order chi connectivity index (χ1) is 17.2. The monoisotopic (exact) mass is 516 g/mol. The van der Waals surface area contributed by atoms with E-state index >= 15 is 0 Å². The van der Waals surface area contributed by atoms with Crippen LogP contribution >= 0.6 is 0 Å². The number of ether oxygens (including phenoxy) is 2. The number of anilines is 1. The minimum absolute atomic E-state index is 0.0749. The Morgan fingerprint density at radius 2 is 1.81 bits per heavy atom. The Balaban J connectivity index is 1.48. The molecule has 2 unspecified atom stereocenters. The van der Waals surface area contributed by atoms with Gasteiger partial charge in [0.05, 0.1) is 17.8 Å². The molecule has 3 aliphatic heterocycles. The topological polar surface area (TPSA) is 101 Å². The Morgan fingerprint density at radius 1 is 1.11 bits per heavy atom. The molecule has 1 amide bonds. The number of benzene rings is 1. The number of carbonyl (C=O) groups is 1. The zero-order valence-electron chi connectivity index (χ0n) is 21.4. The first kappa shape index (κ1) is 25.2. The largest absolute Gasteiger partial charge is 0.444 e. The third-order valence-corrected chi connectivity index (χ3v) is 6.45. The number of aromatic nitrogens is 2. The molecule has 37 heavy (non-hydrogen) atoms. The van der Waals surface area contributed by atoms with Gasteiger partial charge in [-0.05, 0) is 65.3 Å². The summed E-state index contributed by atoms with van der Waals surface area (Å²) < 4.78 is 45.9. The average Bonchev–Trinajstić information content (AvgIpc) is 3.24. The van der Waals surface area contributed by atoms with Crippen LogP contribution in [0.1, 0.15) is 41.0 Å². The summed E-state index contributed by atoms with van der Waals surface area (Å²) in [5.41, 5.74) is -1.55. The fourth-order valence-electron chi connectivity index (χ4n) is 4.56. The van der Waals surface area contributed by atoms with Crippen LogP contribution in [0.4, 0.5) is 19.6 Å². The lowest BCUT2D eigenvalue weighted by atomic mass is 9.88. The maximum absolute atomic E-state index is 14.6. The van der Waals surface area contributed by atoms with Gasteiger partial charge in [-0.15, -0.1) is 0 Å². The second-order valence-corrected chi connectivity index (χ2v) is 11.0. The smallest absolute Gasteiger partial charge is 0.426 e. The Hall–Kier alpha value is -3.47. The lowest BCUT2D eigenvalue weighted by Crippen LogP contribution is -2.70. The van der Waals surface area contributed by atoms with Crippen molar-refractivity contribution >= 4 is 23.2 Å². The number of carbonyl (C=O) groups excluding carboxylic acids is 1. The summed E-state index contributed by atoms with van der Waals surface area (Å²) in [6.07, 6.45) is -1.78. The van der Waals surface area contributed by atoms with Crippen LogP contribution in [0, 0.1) is 0 Å². The number of amides is 1. The second kappa shape index (κ2) is 8.54. The van der Waals surface area contributed by atoms with Crippen LogP contribution in [-0.2, 0) is 4.74 Å². The highest BCUT2D eigenvalue weighted by Gasteiger charge is 2.51. The lowest BCUT2D eigenvalue weighted by molar-refractivity contribution is -0.275. The van der Waals surface area contributed by atoms with Gasteiger partial charge < -0.3 is 23.9 Å². The molecule has 198 valence electrons. The number of hydrogen-bond donors (Lipinski definition) is 1. The van der Waals surface area contributed by atoms with Gasteiger partial charge in [0.2, 0.25) is 0 Å². The van der Waals surface area contributed by atoms with Gasteiger partial charge in [-0.2, -0.15) is 13.8 Å². The third kappa shape index (κ3) is 4.68. The summed E-state index contributed by atoms with van der Waals surface area (Å²) in [4.78, 5) is 25.1. The molecule has 2 atom stereocenters. The van der Waals surface area contributed by atoms with E-state index < -0.39 is 17.3 Å². The van der Waals surface area contributed by atoms with Crippen LogP contribution in [0.5, 0.6) is 5.75 Å². The van der Waals surface area contributed by atoms with Crippen molar-refractivity contribution < 1.29 is 32.6 Å². The number of fused-ring (bicyclic) bond motifs is 3. The van der Waals surface area contributed by atoms with Crippen molar-refractivity contribution in [2.45, 2.75) is 70.4 Å². The number of piperidine rings is 1. The fraction of sp³-hybridized carbons (Fsp3) is 0.500. The second-order valence-electron chi connectivity index (χ2n) is 11.0. The number of nitrogens with zero attached hydrogens (tertiary/aromatic N) is 4. The summed E-state index contributed by atoms with van der Waals surface area (Å²) in [5, 5.41) is 9.92. The number of piperazine rings is 1. The molecule has 0 spiro atoms. The lowest BCUT2D eigenvalue weighted by Gasteiger charge is -2.55. The highest BCUT2D eigenvalue weighted by molar-refractivity contribution is 5.94. The number of aliphatic hydroxyl groups is 1. The number of pyridine rings is 1. The molecular weight excluding hydrogens is 486 g/mol. The summed E-state index contributed by atoms with van der Waals surface area (Å²) in [6, 6.07) is 8.38. The van der Waals surface area contributed by atoms with Crippen molar-refractivity contribution in [1.29, 1.82) is 0 Å². The van der Waals surface area contributed by atoms with E-state index in [0.29, 0.717) is 24.3 Å². The summed E-state index contributed by atoms with van der Waals surface area (Å²) in [7, 11) is 0. The highest BCUT2D eigenvalue weighted by atomic mass is 19.3. The average molecular weight is 517 g/mol. The third-order valence-electron chi connectivity index (χ3n) is 6.45. The standard InChI is InChI=1S/C26H30F2N4O5/c1-24(2,3)37-23(33)32-15-12-16(32)14-31(13-15)22-30-20-19(36-26(27,28)25(4,5)34)10-9-17(21(20)35-22)18-8-6-7-11-29-18/h6-11,15-16,34H,12-14H2,1-5H3. The maximum Gasteiger partial charge on any atom is 0.426 e. The summed E-state index contributed by atoms with van der Waals surface area (Å²) in [6.45, 7) is 8.32. The fourth-order valence-corrected chi connectivity index (χ4v) is 4.56. The van der Waals surface area contributed by atoms with Crippen molar-refractivity contribution in [3.05, 3.63) is 36.5 Å². The van der Waals surface area contributed by atoms with E-state index in [1.807, 2.05) is 31.7 Å². The van der Waals surface area contributed by atoms with Gasteiger partial charge >= 0.3 is 12.2 Å². The molecule has 1 aromatic carbocycles. The summed E-state index contributed by atoms with van der Waals surface area (Å²) >= 11 is 0. The van der Waals surface area contributed by atoms with Crippen molar-refractivity contribution in [3.63, 3.8) is 0 Å². The Morgan fingerprint density at radius 3 is 2.41 bits per heavy atom. The molecule has 0 radical (unpaired) electrons. The minimum Gasteiger partial charge on any atom is -0.444 e. The van der Waals surface area contributed by atoms with E-state index in [1.54, 1.807) is 29.3 Å². The van der Waals surface area contributed by atoms with Gasteiger partial charge in [0.1, 0.15) is 5.60 Å². The molecule has 9 nitrogen and oxygen atoms in total. The van der Waals surface area contributed by atoms with Crippen LogP contribution in [0.15, 0.2) is 40.9 Å². The molecule has 3 aliphatic rings. The van der Waals surface area contributed by atoms with Crippen molar-refractivity contribution in [1.82, 2.24) is 14.9 Å². The summed E-state index contributed by atoms with van der Waals surface area (Å²) in [5.74, 6) is -0.227. The molecule has 11 heteroatoms. The molecule has 1 N–H and O–H groups in total. The van der Waals surface area contributed by atoms with E-state index in [9.17, 15) is 18.7 Å². The van der Waals surface area contributed by atoms with Gasteiger partial charge in [-0.3, -0.25) is 9.88 Å². The molecule has 5 heterocycles. The van der Waals surface area contributed by atoms with Crippen molar-refractivity contribution in [3.8, 4) is 17.0 Å². The molecular formula is C26H30F2N4O5. The molecule has 0 saturated carbocycles. The molecule has 2 aromatic heterocycles. The van der Waals surface area contributed by atoms with E-state index in [1.165, 1.54) is 6.07 Å². The molecule has 6 rings (SSSR count). The minimum atomic E-state index is -3.88. The first-order valence-corrected chi connectivity index (χ1v) is 12.1. The Bertz CT molecular complexity index is 1300. The van der Waals surface area contributed by atoms with Crippen LogP contribution in [0.2, 0.25) is 0 Å². The number of rotatable bonds is 5. The maximum atomic E-state index is 14.6. The number of alkyl halides is 2. The van der Waals surface area contributed by atoms with Crippen LogP contribution in [0.25, 0.3) is 22.4 Å². The van der Waals surface area contributed by atoms with Crippen molar-refractivity contribution in [2.24, 2.45) is 0 Å². The van der Waals surface area contributed by atoms with E-state index in [-0.39, 0.29) is 41.0 Å².